The van der Waals surface area contributed by atoms with Crippen molar-refractivity contribution >= 4 is 38.9 Å². The first-order chi connectivity index (χ1) is 8.56. The van der Waals surface area contributed by atoms with Crippen LogP contribution in [0.3, 0.4) is 0 Å². The third-order valence-corrected chi connectivity index (χ3v) is 2.87. The molecule has 92 valence electrons. The van der Waals surface area contributed by atoms with Crippen LogP contribution in [0, 0.1) is 10.1 Å². The Labute approximate surface area is 111 Å². The molecule has 0 atom stereocenters. The summed E-state index contributed by atoms with van der Waals surface area (Å²) in [4.78, 5) is 14.2. The Hall–Kier alpha value is -2.15. The maximum atomic E-state index is 10.7. The Morgan fingerprint density at radius 2 is 2.06 bits per heavy atom. The highest BCUT2D eigenvalue weighted by molar-refractivity contribution is 9.10. The number of pyridine rings is 1. The lowest BCUT2D eigenvalue weighted by atomic mass is 10.3. The van der Waals surface area contributed by atoms with Crippen molar-refractivity contribution in [3.8, 4) is 0 Å². The number of halogens is 1. The Morgan fingerprint density at radius 3 is 2.72 bits per heavy atom. The predicted octanol–water partition coefficient (Wildman–Crippen LogP) is 3.08. The van der Waals surface area contributed by atoms with Gasteiger partial charge in [-0.15, -0.1) is 0 Å². The van der Waals surface area contributed by atoms with Crippen LogP contribution in [0.1, 0.15) is 0 Å². The molecular formula is C11H9BrN4O2. The van der Waals surface area contributed by atoms with E-state index in [9.17, 15) is 10.1 Å². The Morgan fingerprint density at radius 1 is 1.33 bits per heavy atom. The van der Waals surface area contributed by atoms with Gasteiger partial charge in [-0.25, -0.2) is 4.98 Å². The van der Waals surface area contributed by atoms with Crippen LogP contribution >= 0.6 is 15.9 Å². The first-order valence-electron chi connectivity index (χ1n) is 5.00. The number of anilines is 3. The third kappa shape index (κ3) is 2.75. The summed E-state index contributed by atoms with van der Waals surface area (Å²) < 4.78 is 0.830. The molecule has 0 aliphatic carbocycles. The van der Waals surface area contributed by atoms with Gasteiger partial charge < -0.3 is 11.1 Å². The molecule has 1 aromatic heterocycles. The minimum atomic E-state index is -0.511. The number of benzene rings is 1. The lowest BCUT2D eigenvalue weighted by molar-refractivity contribution is -0.384. The monoisotopic (exact) mass is 308 g/mol. The molecule has 3 N–H and O–H groups in total. The Balaban J connectivity index is 2.35. The molecule has 7 heteroatoms. The number of nitrogen functional groups attached to an aromatic ring is 1. The van der Waals surface area contributed by atoms with E-state index in [4.69, 9.17) is 5.73 Å². The molecule has 0 unspecified atom stereocenters. The minimum Gasteiger partial charge on any atom is -0.383 e. The Bertz CT molecular complexity index is 603. The summed E-state index contributed by atoms with van der Waals surface area (Å²) in [6.07, 6.45) is 0. The zero-order valence-electron chi connectivity index (χ0n) is 9.13. The molecule has 6 nitrogen and oxygen atoms in total. The van der Waals surface area contributed by atoms with Crippen molar-refractivity contribution in [2.75, 3.05) is 11.1 Å². The fourth-order valence-electron chi connectivity index (χ4n) is 1.41. The summed E-state index contributed by atoms with van der Waals surface area (Å²) in [5, 5.41) is 13.7. The highest BCUT2D eigenvalue weighted by Gasteiger charge is 2.10. The summed E-state index contributed by atoms with van der Waals surface area (Å²) in [5.41, 5.74) is 6.18. The predicted molar refractivity (Wildman–Crippen MR) is 72.7 cm³/mol. The molecule has 2 aromatic rings. The highest BCUT2D eigenvalue weighted by Crippen LogP contribution is 2.26. The van der Waals surface area contributed by atoms with Gasteiger partial charge >= 0.3 is 0 Å². The molecule has 0 aliphatic heterocycles. The average Bonchev–Trinajstić information content (AvgIpc) is 2.31. The lowest BCUT2D eigenvalue weighted by Crippen LogP contribution is -2.00. The fourth-order valence-corrected chi connectivity index (χ4v) is 1.79. The quantitative estimate of drug-likeness (QED) is 0.671. The van der Waals surface area contributed by atoms with Gasteiger partial charge in [-0.2, -0.15) is 0 Å². The standard InChI is InChI=1S/C11H9BrN4O2/c12-8-3-1-2-4-9(8)14-11-6-7(16(17)18)5-10(13)15-11/h1-6H,(H3,13,14,15). The van der Waals surface area contributed by atoms with E-state index < -0.39 is 4.92 Å². The van der Waals surface area contributed by atoms with Gasteiger partial charge in [0.25, 0.3) is 5.69 Å². The number of aromatic nitrogens is 1. The van der Waals surface area contributed by atoms with Crippen LogP contribution in [-0.4, -0.2) is 9.91 Å². The van der Waals surface area contributed by atoms with Crippen molar-refractivity contribution in [3.63, 3.8) is 0 Å². The van der Waals surface area contributed by atoms with Gasteiger partial charge in [0, 0.05) is 4.47 Å². The SMILES string of the molecule is Nc1cc([N+](=O)[O-])cc(Nc2ccccc2Br)n1. The second-order valence-electron chi connectivity index (χ2n) is 3.50. The van der Waals surface area contributed by atoms with Gasteiger partial charge in [0.1, 0.15) is 11.6 Å². The van der Waals surface area contributed by atoms with Gasteiger partial charge in [0.2, 0.25) is 0 Å². The van der Waals surface area contributed by atoms with E-state index in [1.165, 1.54) is 12.1 Å². The molecule has 1 heterocycles. The molecule has 0 aliphatic rings. The first kappa shape index (κ1) is 12.3. The zero-order valence-corrected chi connectivity index (χ0v) is 10.7. The number of para-hydroxylation sites is 1. The van der Waals surface area contributed by atoms with Crippen LogP contribution < -0.4 is 11.1 Å². The van der Waals surface area contributed by atoms with Crippen molar-refractivity contribution in [2.45, 2.75) is 0 Å². The van der Waals surface area contributed by atoms with E-state index in [1.54, 1.807) is 0 Å². The molecule has 1 aromatic carbocycles. The summed E-state index contributed by atoms with van der Waals surface area (Å²) in [6, 6.07) is 9.92. The van der Waals surface area contributed by atoms with Gasteiger partial charge in [0.15, 0.2) is 0 Å². The molecule has 2 rings (SSSR count). The minimum absolute atomic E-state index is 0.0961. The topological polar surface area (TPSA) is 94.1 Å². The number of hydrogen-bond acceptors (Lipinski definition) is 5. The van der Waals surface area contributed by atoms with Crippen molar-refractivity contribution in [1.29, 1.82) is 0 Å². The molecule has 18 heavy (non-hydrogen) atoms. The first-order valence-corrected chi connectivity index (χ1v) is 5.79. The molecule has 0 bridgehead atoms. The van der Waals surface area contributed by atoms with Crippen LogP contribution in [0.2, 0.25) is 0 Å². The van der Waals surface area contributed by atoms with Crippen LogP contribution in [0.15, 0.2) is 40.9 Å². The van der Waals surface area contributed by atoms with Gasteiger partial charge in [-0.3, -0.25) is 10.1 Å². The number of nitrogens with two attached hydrogens (primary N) is 1. The van der Waals surface area contributed by atoms with Crippen molar-refractivity contribution in [1.82, 2.24) is 4.98 Å². The molecule has 0 spiro atoms. The summed E-state index contributed by atoms with van der Waals surface area (Å²) >= 11 is 3.36. The van der Waals surface area contributed by atoms with Crippen LogP contribution in [-0.2, 0) is 0 Å². The van der Waals surface area contributed by atoms with Crippen molar-refractivity contribution in [2.24, 2.45) is 0 Å². The second kappa shape index (κ2) is 5.01. The average molecular weight is 309 g/mol. The number of nitrogens with one attached hydrogen (secondary N) is 1. The number of rotatable bonds is 3. The van der Waals surface area contributed by atoms with E-state index in [1.807, 2.05) is 24.3 Å². The smallest absolute Gasteiger partial charge is 0.276 e. The molecular weight excluding hydrogens is 300 g/mol. The summed E-state index contributed by atoms with van der Waals surface area (Å²) in [7, 11) is 0. The molecule has 0 fully saturated rings. The maximum absolute atomic E-state index is 10.7. The largest absolute Gasteiger partial charge is 0.383 e. The number of nitro groups is 1. The lowest BCUT2D eigenvalue weighted by Gasteiger charge is -2.07. The van der Waals surface area contributed by atoms with Crippen LogP contribution in [0.5, 0.6) is 0 Å². The van der Waals surface area contributed by atoms with Crippen molar-refractivity contribution < 1.29 is 4.92 Å². The van der Waals surface area contributed by atoms with E-state index in [0.717, 1.165) is 10.2 Å². The van der Waals surface area contributed by atoms with Gasteiger partial charge in [-0.1, -0.05) is 12.1 Å². The Kier molecular flexibility index (Phi) is 3.42. The number of nitrogens with zero attached hydrogens (tertiary/aromatic N) is 2. The highest BCUT2D eigenvalue weighted by atomic mass is 79.9. The second-order valence-corrected chi connectivity index (χ2v) is 4.35. The maximum Gasteiger partial charge on any atom is 0.276 e. The van der Waals surface area contributed by atoms with E-state index in [2.05, 4.69) is 26.2 Å². The normalized spacial score (nSPS) is 10.1. The van der Waals surface area contributed by atoms with Crippen LogP contribution in [0.25, 0.3) is 0 Å². The zero-order chi connectivity index (χ0) is 13.1. The molecule has 0 radical (unpaired) electrons. The molecule has 0 amide bonds. The van der Waals surface area contributed by atoms with Crippen LogP contribution in [0.4, 0.5) is 23.0 Å². The molecule has 0 saturated heterocycles. The summed E-state index contributed by atoms with van der Waals surface area (Å²) in [6.45, 7) is 0. The fraction of sp³-hybridized carbons (Fsp3) is 0. The third-order valence-electron chi connectivity index (χ3n) is 2.18. The van der Waals surface area contributed by atoms with Gasteiger partial charge in [0.05, 0.1) is 22.7 Å². The van der Waals surface area contributed by atoms with E-state index in [0.29, 0.717) is 5.82 Å². The van der Waals surface area contributed by atoms with E-state index in [-0.39, 0.29) is 11.5 Å². The van der Waals surface area contributed by atoms with Crippen molar-refractivity contribution in [3.05, 3.63) is 51.0 Å². The molecule has 0 saturated carbocycles. The summed E-state index contributed by atoms with van der Waals surface area (Å²) in [5.74, 6) is 0.423. The van der Waals surface area contributed by atoms with E-state index >= 15 is 0 Å². The number of hydrogen-bond donors (Lipinski definition) is 2. The van der Waals surface area contributed by atoms with Gasteiger partial charge in [-0.05, 0) is 28.1 Å².